The van der Waals surface area contributed by atoms with Crippen LogP contribution in [0.15, 0.2) is 48.5 Å². The van der Waals surface area contributed by atoms with Gasteiger partial charge in [0.2, 0.25) is 0 Å². The van der Waals surface area contributed by atoms with E-state index in [1.165, 1.54) is 12.1 Å². The first-order valence-corrected chi connectivity index (χ1v) is 7.70. The van der Waals surface area contributed by atoms with E-state index in [1.54, 1.807) is 19.2 Å². The minimum absolute atomic E-state index is 0.0640. The molecule has 0 saturated carbocycles. The smallest absolute Gasteiger partial charge is 0.319 e. The van der Waals surface area contributed by atoms with Crippen LogP contribution in [0.3, 0.4) is 0 Å². The molecule has 1 aliphatic rings. The van der Waals surface area contributed by atoms with E-state index in [4.69, 9.17) is 9.47 Å². The molecule has 3 rings (SSSR count). The Hall–Kier alpha value is -2.60. The zero-order valence-electron chi connectivity index (χ0n) is 13.3. The topological polar surface area (TPSA) is 59.6 Å². The average Bonchev–Trinajstić information content (AvgIpc) is 3.03. The van der Waals surface area contributed by atoms with Crippen molar-refractivity contribution in [1.29, 1.82) is 0 Å². The Morgan fingerprint density at radius 1 is 1.21 bits per heavy atom. The molecule has 0 bridgehead atoms. The zero-order valence-corrected chi connectivity index (χ0v) is 13.3. The molecule has 0 radical (unpaired) electrons. The summed E-state index contributed by atoms with van der Waals surface area (Å²) in [4.78, 5) is 12.1. The monoisotopic (exact) mass is 330 g/mol. The molecule has 1 fully saturated rings. The summed E-state index contributed by atoms with van der Waals surface area (Å²) in [5.74, 6) is 0.452. The lowest BCUT2D eigenvalue weighted by Crippen LogP contribution is -2.41. The third-order valence-electron chi connectivity index (χ3n) is 4.02. The van der Waals surface area contributed by atoms with E-state index in [-0.39, 0.29) is 18.0 Å². The van der Waals surface area contributed by atoms with Crippen LogP contribution in [0.2, 0.25) is 0 Å². The Labute approximate surface area is 139 Å². The molecule has 2 N–H and O–H groups in total. The van der Waals surface area contributed by atoms with Gasteiger partial charge in [-0.05, 0) is 35.9 Å². The number of anilines is 1. The molecule has 1 aliphatic heterocycles. The van der Waals surface area contributed by atoms with Crippen LogP contribution in [-0.2, 0) is 4.74 Å². The van der Waals surface area contributed by atoms with Crippen LogP contribution in [0.1, 0.15) is 11.5 Å². The van der Waals surface area contributed by atoms with E-state index < -0.39 is 5.82 Å². The molecule has 1 saturated heterocycles. The van der Waals surface area contributed by atoms with Gasteiger partial charge in [0, 0.05) is 11.6 Å². The van der Waals surface area contributed by atoms with E-state index in [0.717, 1.165) is 11.3 Å². The molecule has 0 spiro atoms. The van der Waals surface area contributed by atoms with Crippen molar-refractivity contribution in [3.05, 3.63) is 59.9 Å². The van der Waals surface area contributed by atoms with Crippen LogP contribution in [0.4, 0.5) is 14.9 Å². The van der Waals surface area contributed by atoms with Crippen molar-refractivity contribution in [2.24, 2.45) is 0 Å². The van der Waals surface area contributed by atoms with Gasteiger partial charge in [-0.25, -0.2) is 9.18 Å². The Morgan fingerprint density at radius 3 is 2.71 bits per heavy atom. The highest BCUT2D eigenvalue weighted by Gasteiger charge is 2.30. The van der Waals surface area contributed by atoms with Crippen LogP contribution in [0.25, 0.3) is 0 Å². The summed E-state index contributed by atoms with van der Waals surface area (Å²) in [5, 5.41) is 5.53. The van der Waals surface area contributed by atoms with Gasteiger partial charge in [-0.3, -0.25) is 0 Å². The number of urea groups is 1. The minimum Gasteiger partial charge on any atom is -0.497 e. The van der Waals surface area contributed by atoms with Crippen LogP contribution in [0, 0.1) is 5.82 Å². The molecule has 0 aliphatic carbocycles. The van der Waals surface area contributed by atoms with Gasteiger partial charge >= 0.3 is 6.03 Å². The van der Waals surface area contributed by atoms with Crippen LogP contribution in [-0.4, -0.2) is 32.4 Å². The zero-order chi connectivity index (χ0) is 16.9. The maximum atomic E-state index is 13.2. The second-order valence-electron chi connectivity index (χ2n) is 5.63. The molecule has 5 nitrogen and oxygen atoms in total. The lowest BCUT2D eigenvalue weighted by Gasteiger charge is -2.20. The Kier molecular flexibility index (Phi) is 4.96. The second kappa shape index (κ2) is 7.31. The lowest BCUT2D eigenvalue weighted by molar-refractivity contribution is 0.187. The number of benzene rings is 2. The molecule has 1 unspecified atom stereocenters. The first-order valence-electron chi connectivity index (χ1n) is 7.70. The fourth-order valence-electron chi connectivity index (χ4n) is 2.78. The third kappa shape index (κ3) is 3.83. The van der Waals surface area contributed by atoms with Gasteiger partial charge in [-0.15, -0.1) is 0 Å². The summed E-state index contributed by atoms with van der Waals surface area (Å²) in [7, 11) is 1.62. The Bertz CT molecular complexity index is 706. The van der Waals surface area contributed by atoms with Crippen LogP contribution >= 0.6 is 0 Å². The van der Waals surface area contributed by atoms with Gasteiger partial charge in [0.1, 0.15) is 11.6 Å². The summed E-state index contributed by atoms with van der Waals surface area (Å²) in [5.41, 5.74) is 1.48. The predicted octanol–water partition coefficient (Wildman–Crippen LogP) is 3.14. The molecule has 0 aromatic heterocycles. The van der Waals surface area contributed by atoms with Crippen molar-refractivity contribution in [3.63, 3.8) is 0 Å². The molecule has 2 amide bonds. The first-order chi connectivity index (χ1) is 11.7. The number of carbonyl (C=O) groups is 1. The highest BCUT2D eigenvalue weighted by molar-refractivity contribution is 5.89. The molecular weight excluding hydrogens is 311 g/mol. The number of ether oxygens (including phenoxy) is 2. The van der Waals surface area contributed by atoms with Gasteiger partial charge in [-0.1, -0.05) is 18.2 Å². The minimum atomic E-state index is -0.395. The SMILES string of the molecule is COc1ccc([C@@H]2COCC2NC(=O)Nc2cccc(F)c2)cc1. The van der Waals surface area contributed by atoms with E-state index in [9.17, 15) is 9.18 Å². The van der Waals surface area contributed by atoms with E-state index in [1.807, 2.05) is 24.3 Å². The maximum Gasteiger partial charge on any atom is 0.319 e. The van der Waals surface area contributed by atoms with E-state index in [0.29, 0.717) is 18.9 Å². The van der Waals surface area contributed by atoms with Crippen LogP contribution in [0.5, 0.6) is 5.75 Å². The van der Waals surface area contributed by atoms with Gasteiger partial charge in [0.05, 0.1) is 26.4 Å². The van der Waals surface area contributed by atoms with Crippen molar-refractivity contribution in [1.82, 2.24) is 5.32 Å². The molecule has 126 valence electrons. The van der Waals surface area contributed by atoms with Gasteiger partial charge in [0.15, 0.2) is 0 Å². The van der Waals surface area contributed by atoms with Crippen molar-refractivity contribution in [2.75, 3.05) is 25.6 Å². The summed E-state index contributed by atoms with van der Waals surface area (Å²) >= 11 is 0. The normalized spacial score (nSPS) is 19.8. The third-order valence-corrected chi connectivity index (χ3v) is 4.02. The van der Waals surface area contributed by atoms with Gasteiger partial charge in [0.25, 0.3) is 0 Å². The number of rotatable bonds is 4. The number of methoxy groups -OCH3 is 1. The fourth-order valence-corrected chi connectivity index (χ4v) is 2.78. The predicted molar refractivity (Wildman–Crippen MR) is 88.9 cm³/mol. The summed E-state index contributed by atoms with van der Waals surface area (Å²) in [6.45, 7) is 0.977. The summed E-state index contributed by atoms with van der Waals surface area (Å²) in [6.07, 6.45) is 0. The maximum absolute atomic E-state index is 13.2. The molecule has 6 heteroatoms. The van der Waals surface area contributed by atoms with Crippen molar-refractivity contribution in [2.45, 2.75) is 12.0 Å². The van der Waals surface area contributed by atoms with Crippen molar-refractivity contribution in [3.8, 4) is 5.75 Å². The van der Waals surface area contributed by atoms with E-state index in [2.05, 4.69) is 10.6 Å². The summed E-state index contributed by atoms with van der Waals surface area (Å²) < 4.78 is 23.8. The Morgan fingerprint density at radius 2 is 2.00 bits per heavy atom. The fraction of sp³-hybridized carbons (Fsp3) is 0.278. The van der Waals surface area contributed by atoms with E-state index >= 15 is 0 Å². The second-order valence-corrected chi connectivity index (χ2v) is 5.63. The first kappa shape index (κ1) is 16.3. The number of nitrogens with one attached hydrogen (secondary N) is 2. The highest BCUT2D eigenvalue weighted by atomic mass is 19.1. The lowest BCUT2D eigenvalue weighted by atomic mass is 9.94. The molecule has 2 atom stereocenters. The highest BCUT2D eigenvalue weighted by Crippen LogP contribution is 2.27. The average molecular weight is 330 g/mol. The Balaban J connectivity index is 1.63. The number of hydrogen-bond donors (Lipinski definition) is 2. The van der Waals surface area contributed by atoms with Crippen molar-refractivity contribution < 1.29 is 18.7 Å². The molecule has 2 aromatic rings. The van der Waals surface area contributed by atoms with Gasteiger partial charge < -0.3 is 20.1 Å². The largest absolute Gasteiger partial charge is 0.497 e. The molecule has 24 heavy (non-hydrogen) atoms. The number of amides is 2. The van der Waals surface area contributed by atoms with Gasteiger partial charge in [-0.2, -0.15) is 0 Å². The molecule has 2 aromatic carbocycles. The summed E-state index contributed by atoms with van der Waals surface area (Å²) in [6, 6.07) is 13.0. The standard InChI is InChI=1S/C18H19FN2O3/c1-23-15-7-5-12(6-8-15)16-10-24-11-17(16)21-18(22)20-14-4-2-3-13(19)9-14/h2-9,16-17H,10-11H2,1H3,(H2,20,21,22)/t16-,17?/m0/s1. The number of carbonyl (C=O) groups excluding carboxylic acids is 1. The molecule has 1 heterocycles. The molecular formula is C18H19FN2O3. The van der Waals surface area contributed by atoms with Crippen molar-refractivity contribution >= 4 is 11.7 Å². The number of hydrogen-bond acceptors (Lipinski definition) is 3. The van der Waals surface area contributed by atoms with Crippen LogP contribution < -0.4 is 15.4 Å². The number of halogens is 1. The quantitative estimate of drug-likeness (QED) is 0.905.